The molecule has 2 rings (SSSR count). The van der Waals surface area contributed by atoms with E-state index in [1.807, 2.05) is 6.92 Å². The fourth-order valence-corrected chi connectivity index (χ4v) is 2.65. The third kappa shape index (κ3) is 4.39. The lowest BCUT2D eigenvalue weighted by molar-refractivity contribution is 0.0773. The van der Waals surface area contributed by atoms with Gasteiger partial charge in [-0.2, -0.15) is 0 Å². The smallest absolute Gasteiger partial charge is 0.207 e. The van der Waals surface area contributed by atoms with Gasteiger partial charge in [-0.3, -0.25) is 4.79 Å². The van der Waals surface area contributed by atoms with Gasteiger partial charge in [-0.1, -0.05) is 19.4 Å². The Bertz CT molecular complexity index is 760. The first kappa shape index (κ1) is 19.4. The Kier molecular flexibility index (Phi) is 6.72. The highest BCUT2D eigenvalue weighted by Crippen LogP contribution is 2.35. The van der Waals surface area contributed by atoms with Crippen molar-refractivity contribution in [3.63, 3.8) is 0 Å². The number of benzene rings is 2. The first-order valence-corrected chi connectivity index (χ1v) is 8.40. The van der Waals surface area contributed by atoms with Gasteiger partial charge in [0.05, 0.1) is 26.9 Å². The van der Waals surface area contributed by atoms with Crippen LogP contribution in [0.5, 0.6) is 23.0 Å². The van der Waals surface area contributed by atoms with E-state index in [0.717, 1.165) is 6.42 Å². The summed E-state index contributed by atoms with van der Waals surface area (Å²) < 4.78 is 21.9. The molecule has 0 spiro atoms. The van der Waals surface area contributed by atoms with Gasteiger partial charge < -0.3 is 24.7 Å². The van der Waals surface area contributed by atoms with Gasteiger partial charge in [0.1, 0.15) is 11.5 Å². The number of nitrogens with two attached hydrogens (primary N) is 1. The number of carbonyl (C=O) groups excluding carboxylic acids is 1. The van der Waals surface area contributed by atoms with Gasteiger partial charge in [0.25, 0.3) is 0 Å². The van der Waals surface area contributed by atoms with Gasteiger partial charge in [0, 0.05) is 17.8 Å². The van der Waals surface area contributed by atoms with Gasteiger partial charge in [-0.05, 0) is 24.6 Å². The van der Waals surface area contributed by atoms with Crippen LogP contribution in [0.4, 0.5) is 5.69 Å². The minimum Gasteiger partial charge on any atom is -0.496 e. The molecule has 0 radical (unpaired) electrons. The molecule has 2 aromatic carbocycles. The van der Waals surface area contributed by atoms with Crippen LogP contribution in [0.15, 0.2) is 36.4 Å². The lowest BCUT2D eigenvalue weighted by Crippen LogP contribution is -2.28. The maximum absolute atomic E-state index is 13.1. The summed E-state index contributed by atoms with van der Waals surface area (Å²) in [5, 5.41) is 0. The van der Waals surface area contributed by atoms with Crippen molar-refractivity contribution >= 4 is 11.5 Å². The van der Waals surface area contributed by atoms with Crippen molar-refractivity contribution in [1.82, 2.24) is 0 Å². The average Bonchev–Trinajstić information content (AvgIpc) is 2.66. The second-order valence-electron chi connectivity index (χ2n) is 5.74. The van der Waals surface area contributed by atoms with Gasteiger partial charge in [0.2, 0.25) is 5.78 Å². The lowest BCUT2D eigenvalue weighted by Gasteiger charge is -2.20. The summed E-state index contributed by atoms with van der Waals surface area (Å²) in [5.41, 5.74) is 6.76. The maximum Gasteiger partial charge on any atom is 0.207 e. The largest absolute Gasteiger partial charge is 0.496 e. The van der Waals surface area contributed by atoms with Gasteiger partial charge >= 0.3 is 0 Å². The molecule has 0 aliphatic heterocycles. The molecule has 0 aliphatic carbocycles. The van der Waals surface area contributed by atoms with Crippen LogP contribution in [-0.2, 0) is 0 Å². The zero-order chi connectivity index (χ0) is 19.1. The van der Waals surface area contributed by atoms with E-state index in [1.54, 1.807) is 36.4 Å². The monoisotopic (exact) mass is 359 g/mol. The molecule has 140 valence electrons. The molecular formula is C20H25NO5. The zero-order valence-corrected chi connectivity index (χ0v) is 15.6. The van der Waals surface area contributed by atoms with Crippen LogP contribution in [0.25, 0.3) is 0 Å². The molecule has 2 aromatic rings. The molecule has 0 bridgehead atoms. The van der Waals surface area contributed by atoms with Crippen LogP contribution in [0, 0.1) is 0 Å². The number of ether oxygens (including phenoxy) is 4. The zero-order valence-electron chi connectivity index (χ0n) is 15.6. The highest BCUT2D eigenvalue weighted by molar-refractivity contribution is 6.02. The summed E-state index contributed by atoms with van der Waals surface area (Å²) >= 11 is 0. The quantitative estimate of drug-likeness (QED) is 0.543. The van der Waals surface area contributed by atoms with E-state index in [1.165, 1.54) is 21.3 Å². The average molecular weight is 359 g/mol. The standard InChI is InChI=1S/C20H25NO5/c1-5-7-16(26-14-9-6-8-13(21)10-14)20(22)15-11-18(24-3)19(25-4)12-17(15)23-2/h6,8-12,16H,5,7,21H2,1-4H3. The van der Waals surface area contributed by atoms with E-state index in [-0.39, 0.29) is 5.78 Å². The molecule has 0 aromatic heterocycles. The van der Waals surface area contributed by atoms with Crippen molar-refractivity contribution in [2.24, 2.45) is 0 Å². The van der Waals surface area contributed by atoms with Gasteiger partial charge in [-0.15, -0.1) is 0 Å². The predicted octanol–water partition coefficient (Wildman–Crippen LogP) is 3.73. The molecule has 0 heterocycles. The molecule has 1 unspecified atom stereocenters. The van der Waals surface area contributed by atoms with Crippen molar-refractivity contribution in [3.05, 3.63) is 42.0 Å². The van der Waals surface area contributed by atoms with Gasteiger partial charge in [0.15, 0.2) is 17.6 Å². The molecule has 0 aliphatic rings. The van der Waals surface area contributed by atoms with E-state index in [0.29, 0.717) is 40.7 Å². The van der Waals surface area contributed by atoms with Crippen molar-refractivity contribution in [3.8, 4) is 23.0 Å². The topological polar surface area (TPSA) is 80.0 Å². The second-order valence-corrected chi connectivity index (χ2v) is 5.74. The highest BCUT2D eigenvalue weighted by Gasteiger charge is 2.26. The number of carbonyl (C=O) groups is 1. The van der Waals surface area contributed by atoms with Crippen LogP contribution < -0.4 is 24.7 Å². The molecule has 0 saturated heterocycles. The van der Waals surface area contributed by atoms with Crippen LogP contribution in [0.1, 0.15) is 30.1 Å². The third-order valence-corrected chi connectivity index (χ3v) is 3.95. The summed E-state index contributed by atoms with van der Waals surface area (Å²) in [6, 6.07) is 10.3. The Morgan fingerprint density at radius 2 is 1.65 bits per heavy atom. The minimum atomic E-state index is -0.659. The van der Waals surface area contributed by atoms with E-state index < -0.39 is 6.10 Å². The molecule has 0 saturated carbocycles. The van der Waals surface area contributed by atoms with Crippen LogP contribution >= 0.6 is 0 Å². The highest BCUT2D eigenvalue weighted by atomic mass is 16.5. The summed E-state index contributed by atoms with van der Waals surface area (Å²) in [5.74, 6) is 1.72. The summed E-state index contributed by atoms with van der Waals surface area (Å²) in [6.07, 6.45) is 0.688. The number of methoxy groups -OCH3 is 3. The Morgan fingerprint density at radius 1 is 1.00 bits per heavy atom. The summed E-state index contributed by atoms with van der Waals surface area (Å²) in [6.45, 7) is 1.99. The van der Waals surface area contributed by atoms with Crippen LogP contribution in [0.3, 0.4) is 0 Å². The Morgan fingerprint density at radius 3 is 2.23 bits per heavy atom. The van der Waals surface area contributed by atoms with Crippen LogP contribution in [0.2, 0.25) is 0 Å². The molecule has 1 atom stereocenters. The SMILES string of the molecule is CCCC(Oc1cccc(N)c1)C(=O)c1cc(OC)c(OC)cc1OC. The van der Waals surface area contributed by atoms with Crippen molar-refractivity contribution in [2.45, 2.75) is 25.9 Å². The molecule has 6 nitrogen and oxygen atoms in total. The van der Waals surface area contributed by atoms with E-state index in [2.05, 4.69) is 0 Å². The van der Waals surface area contributed by atoms with Gasteiger partial charge in [-0.25, -0.2) is 0 Å². The molecular weight excluding hydrogens is 334 g/mol. The van der Waals surface area contributed by atoms with Crippen molar-refractivity contribution in [2.75, 3.05) is 27.1 Å². The predicted molar refractivity (Wildman–Crippen MR) is 101 cm³/mol. The first-order valence-electron chi connectivity index (χ1n) is 8.40. The Hall–Kier alpha value is -2.89. The number of ketones is 1. The van der Waals surface area contributed by atoms with Crippen molar-refractivity contribution in [1.29, 1.82) is 0 Å². The maximum atomic E-state index is 13.1. The summed E-state index contributed by atoms with van der Waals surface area (Å²) in [7, 11) is 4.55. The number of rotatable bonds is 9. The van der Waals surface area contributed by atoms with Crippen LogP contribution in [-0.4, -0.2) is 33.2 Å². The number of anilines is 1. The molecule has 0 fully saturated rings. The molecule has 0 amide bonds. The first-order chi connectivity index (χ1) is 12.5. The number of hydrogen-bond donors (Lipinski definition) is 1. The van der Waals surface area contributed by atoms with E-state index >= 15 is 0 Å². The lowest BCUT2D eigenvalue weighted by atomic mass is 10.0. The fraction of sp³-hybridized carbons (Fsp3) is 0.350. The van der Waals surface area contributed by atoms with Crippen molar-refractivity contribution < 1.29 is 23.7 Å². The number of Topliss-reactive ketones (excluding diaryl/α,β-unsaturated/α-hetero) is 1. The fourth-order valence-electron chi connectivity index (χ4n) is 2.65. The number of nitrogen functional groups attached to an aromatic ring is 1. The molecule has 26 heavy (non-hydrogen) atoms. The van der Waals surface area contributed by atoms with E-state index in [9.17, 15) is 4.79 Å². The Balaban J connectivity index is 2.38. The molecule has 2 N–H and O–H groups in total. The molecule has 6 heteroatoms. The Labute approximate surface area is 153 Å². The normalized spacial score (nSPS) is 11.5. The van der Waals surface area contributed by atoms with E-state index in [4.69, 9.17) is 24.7 Å². The third-order valence-electron chi connectivity index (χ3n) is 3.95. The second kappa shape index (κ2) is 8.99. The summed E-state index contributed by atoms with van der Waals surface area (Å²) in [4.78, 5) is 13.1. The minimum absolute atomic E-state index is 0.188. The number of hydrogen-bond acceptors (Lipinski definition) is 6.